The van der Waals surface area contributed by atoms with Crippen LogP contribution in [-0.2, 0) is 6.54 Å². The van der Waals surface area contributed by atoms with E-state index in [1.165, 1.54) is 0 Å². The molecule has 3 atom stereocenters. The number of pyridine rings is 3. The molecule has 190 valence electrons. The topological polar surface area (TPSA) is 111 Å². The van der Waals surface area contributed by atoms with Crippen LogP contribution in [-0.4, -0.2) is 84.2 Å². The van der Waals surface area contributed by atoms with E-state index < -0.39 is 0 Å². The van der Waals surface area contributed by atoms with Crippen molar-refractivity contribution in [3.63, 3.8) is 0 Å². The molecule has 3 aliphatic rings. The Labute approximate surface area is 209 Å². The molecule has 6 heterocycles. The van der Waals surface area contributed by atoms with E-state index in [9.17, 15) is 5.11 Å². The zero-order valence-electron chi connectivity index (χ0n) is 20.4. The van der Waals surface area contributed by atoms with Crippen molar-refractivity contribution in [3.05, 3.63) is 41.9 Å². The molecule has 0 radical (unpaired) electrons. The number of rotatable bonds is 7. The summed E-state index contributed by atoms with van der Waals surface area (Å²) >= 11 is 0. The summed E-state index contributed by atoms with van der Waals surface area (Å²) in [5.41, 5.74) is 3.69. The van der Waals surface area contributed by atoms with Crippen LogP contribution in [0.3, 0.4) is 0 Å². The van der Waals surface area contributed by atoms with Crippen molar-refractivity contribution in [1.29, 1.82) is 0 Å². The molecule has 3 aromatic rings. The number of likely N-dealkylation sites (tertiary alicyclic amines) is 1. The Morgan fingerprint density at radius 1 is 1.11 bits per heavy atom. The van der Waals surface area contributed by atoms with E-state index in [4.69, 9.17) is 18.9 Å². The maximum Gasteiger partial charge on any atom is 0.213 e. The third-order valence-corrected chi connectivity index (χ3v) is 7.31. The van der Waals surface area contributed by atoms with Crippen LogP contribution in [0.2, 0.25) is 0 Å². The Morgan fingerprint density at radius 3 is 2.83 bits per heavy atom. The number of piperidine rings is 1. The van der Waals surface area contributed by atoms with E-state index in [1.807, 2.05) is 18.2 Å². The summed E-state index contributed by atoms with van der Waals surface area (Å²) in [7, 11) is 1.62. The third kappa shape index (κ3) is 4.52. The first kappa shape index (κ1) is 23.2. The van der Waals surface area contributed by atoms with Crippen LogP contribution >= 0.6 is 0 Å². The Balaban J connectivity index is 1.10. The van der Waals surface area contributed by atoms with Crippen LogP contribution < -0.4 is 24.3 Å². The van der Waals surface area contributed by atoms with Gasteiger partial charge in [-0.3, -0.25) is 9.97 Å². The van der Waals surface area contributed by atoms with E-state index in [0.717, 1.165) is 59.8 Å². The van der Waals surface area contributed by atoms with Crippen LogP contribution in [0.4, 0.5) is 0 Å². The second-order valence-corrected chi connectivity index (χ2v) is 9.56. The molecule has 0 amide bonds. The van der Waals surface area contributed by atoms with Gasteiger partial charge < -0.3 is 34.3 Å². The van der Waals surface area contributed by atoms with Crippen molar-refractivity contribution in [1.82, 2.24) is 25.2 Å². The lowest BCUT2D eigenvalue weighted by Gasteiger charge is -2.39. The van der Waals surface area contributed by atoms with E-state index in [2.05, 4.69) is 25.2 Å². The quantitative estimate of drug-likeness (QED) is 0.505. The second-order valence-electron chi connectivity index (χ2n) is 9.56. The third-order valence-electron chi connectivity index (χ3n) is 7.31. The highest BCUT2D eigenvalue weighted by Gasteiger charge is 2.34. The van der Waals surface area contributed by atoms with Crippen molar-refractivity contribution in [2.24, 2.45) is 5.92 Å². The molecular weight excluding hydrogens is 462 g/mol. The molecule has 36 heavy (non-hydrogen) atoms. The maximum atomic E-state index is 10.2. The first-order valence-corrected chi connectivity index (χ1v) is 12.5. The summed E-state index contributed by atoms with van der Waals surface area (Å²) in [4.78, 5) is 16.1. The van der Waals surface area contributed by atoms with Crippen molar-refractivity contribution in [2.75, 3.05) is 53.2 Å². The Morgan fingerprint density at radius 2 is 1.97 bits per heavy atom. The Hall–Kier alpha value is -3.21. The molecule has 0 spiro atoms. The van der Waals surface area contributed by atoms with Gasteiger partial charge in [0.05, 0.1) is 37.3 Å². The predicted molar refractivity (Wildman–Crippen MR) is 132 cm³/mol. The molecule has 10 heteroatoms. The average molecular weight is 494 g/mol. The summed E-state index contributed by atoms with van der Waals surface area (Å²) < 4.78 is 22.6. The molecule has 6 rings (SSSR count). The van der Waals surface area contributed by atoms with Gasteiger partial charge in [0.1, 0.15) is 24.5 Å². The molecule has 0 aliphatic carbocycles. The number of hydrogen-bond donors (Lipinski definition) is 2. The van der Waals surface area contributed by atoms with Gasteiger partial charge in [-0.1, -0.05) is 0 Å². The van der Waals surface area contributed by atoms with Gasteiger partial charge in [0.25, 0.3) is 0 Å². The number of nitrogens with one attached hydrogen (secondary N) is 1. The fourth-order valence-corrected chi connectivity index (χ4v) is 5.45. The number of aromatic nitrogens is 3. The molecule has 3 aliphatic heterocycles. The molecule has 0 bridgehead atoms. The van der Waals surface area contributed by atoms with E-state index in [-0.39, 0.29) is 24.5 Å². The monoisotopic (exact) mass is 493 g/mol. The molecule has 1 saturated heterocycles. The number of aliphatic hydroxyl groups excluding tert-OH is 1. The zero-order chi connectivity index (χ0) is 24.5. The van der Waals surface area contributed by atoms with E-state index >= 15 is 0 Å². The van der Waals surface area contributed by atoms with Crippen LogP contribution in [0.25, 0.3) is 11.0 Å². The Bertz CT molecular complexity index is 1240. The molecule has 3 aromatic heterocycles. The van der Waals surface area contributed by atoms with E-state index in [0.29, 0.717) is 38.0 Å². The van der Waals surface area contributed by atoms with Gasteiger partial charge in [-0.2, -0.15) is 0 Å². The molecule has 10 nitrogen and oxygen atoms in total. The highest BCUT2D eigenvalue weighted by atomic mass is 16.6. The number of ether oxygens (including phenoxy) is 4. The second kappa shape index (κ2) is 10.0. The van der Waals surface area contributed by atoms with Gasteiger partial charge >= 0.3 is 0 Å². The normalized spacial score (nSPS) is 23.3. The fraction of sp³-hybridized carbons (Fsp3) is 0.500. The van der Waals surface area contributed by atoms with Gasteiger partial charge in [-0.15, -0.1) is 0 Å². The number of methoxy groups -OCH3 is 1. The summed E-state index contributed by atoms with van der Waals surface area (Å²) in [6.07, 6.45) is 4.46. The SMILES string of the molecule is COc1ccc2ncc3c(c2n1)C(CN1CCC(NCc2cc4c(cn2)OCCO4)C(CO)C1)CO3. The van der Waals surface area contributed by atoms with Crippen LogP contribution in [0.15, 0.2) is 30.6 Å². The standard InChI is InChI=1S/C26H31N5O5/c1-33-24-3-2-20-26(30-24)25-17(15-36-23(25)11-29-20)13-31-5-4-19(16(12-31)14-32)28-9-18-8-21-22(10-27-18)35-7-6-34-21/h2-3,8,10-11,16-17,19,28,32H,4-7,9,12-15H2,1H3. The number of nitrogens with zero attached hydrogens (tertiary/aromatic N) is 4. The van der Waals surface area contributed by atoms with Gasteiger partial charge in [-0.25, -0.2) is 4.98 Å². The van der Waals surface area contributed by atoms with Crippen molar-refractivity contribution in [3.8, 4) is 23.1 Å². The lowest BCUT2D eigenvalue weighted by molar-refractivity contribution is 0.0834. The van der Waals surface area contributed by atoms with Crippen LogP contribution in [0.1, 0.15) is 23.6 Å². The van der Waals surface area contributed by atoms with Gasteiger partial charge in [0, 0.05) is 61.8 Å². The Kier molecular flexibility index (Phi) is 6.47. The first-order valence-electron chi connectivity index (χ1n) is 12.5. The predicted octanol–water partition coefficient (Wildman–Crippen LogP) is 1.75. The average Bonchev–Trinajstić information content (AvgIpc) is 3.34. The van der Waals surface area contributed by atoms with Crippen LogP contribution in [0.5, 0.6) is 23.1 Å². The van der Waals surface area contributed by atoms with Crippen molar-refractivity contribution < 1.29 is 24.1 Å². The minimum Gasteiger partial charge on any atom is -0.491 e. The first-order chi connectivity index (χ1) is 17.7. The summed E-state index contributed by atoms with van der Waals surface area (Å²) in [5.74, 6) is 3.14. The molecule has 0 aromatic carbocycles. The van der Waals surface area contributed by atoms with Gasteiger partial charge in [0.15, 0.2) is 11.5 Å². The van der Waals surface area contributed by atoms with Crippen LogP contribution in [0, 0.1) is 5.92 Å². The molecule has 1 fully saturated rings. The minimum absolute atomic E-state index is 0.130. The van der Waals surface area contributed by atoms with Gasteiger partial charge in [0.2, 0.25) is 5.88 Å². The molecule has 3 unspecified atom stereocenters. The van der Waals surface area contributed by atoms with Crippen molar-refractivity contribution >= 4 is 11.0 Å². The zero-order valence-corrected chi connectivity index (χ0v) is 20.4. The molecule has 2 N–H and O–H groups in total. The summed E-state index contributed by atoms with van der Waals surface area (Å²) in [5, 5.41) is 13.8. The summed E-state index contributed by atoms with van der Waals surface area (Å²) in [6.45, 7) is 5.06. The molecule has 0 saturated carbocycles. The number of fused-ring (bicyclic) bond motifs is 4. The smallest absolute Gasteiger partial charge is 0.213 e. The summed E-state index contributed by atoms with van der Waals surface area (Å²) in [6, 6.07) is 5.91. The lowest BCUT2D eigenvalue weighted by Crippen LogP contribution is -2.51. The fourth-order valence-electron chi connectivity index (χ4n) is 5.45. The van der Waals surface area contributed by atoms with Gasteiger partial charge in [-0.05, 0) is 19.0 Å². The maximum absolute atomic E-state index is 10.2. The van der Waals surface area contributed by atoms with Crippen molar-refractivity contribution in [2.45, 2.75) is 24.9 Å². The minimum atomic E-state index is 0.130. The molecular formula is C26H31N5O5. The highest BCUT2D eigenvalue weighted by molar-refractivity contribution is 5.81. The number of hydrogen-bond acceptors (Lipinski definition) is 10. The van der Waals surface area contributed by atoms with E-state index in [1.54, 1.807) is 19.5 Å². The lowest BCUT2D eigenvalue weighted by atomic mass is 9.91. The highest BCUT2D eigenvalue weighted by Crippen LogP contribution is 2.39. The largest absolute Gasteiger partial charge is 0.491 e. The number of aliphatic hydroxyl groups is 1.